The minimum absolute atomic E-state index is 0. The van der Waals surface area contributed by atoms with Crippen LogP contribution in [0.2, 0.25) is 10.0 Å². The van der Waals surface area contributed by atoms with Crippen LogP contribution in [-0.2, 0) is 0 Å². The first-order chi connectivity index (χ1) is 8.06. The van der Waals surface area contributed by atoms with Crippen molar-refractivity contribution in [1.29, 1.82) is 0 Å². The van der Waals surface area contributed by atoms with Gasteiger partial charge in [-0.3, -0.25) is 4.79 Å². The van der Waals surface area contributed by atoms with Crippen molar-refractivity contribution in [3.63, 3.8) is 0 Å². The van der Waals surface area contributed by atoms with Crippen molar-refractivity contribution >= 4 is 41.5 Å². The first-order valence-electron chi connectivity index (χ1n) is 5.51. The van der Waals surface area contributed by atoms with Gasteiger partial charge >= 0.3 is 0 Å². The number of carbonyl (C=O) groups is 1. The third kappa shape index (κ3) is 5.02. The van der Waals surface area contributed by atoms with Crippen molar-refractivity contribution in [2.75, 3.05) is 13.1 Å². The van der Waals surface area contributed by atoms with Gasteiger partial charge in [-0.15, -0.1) is 12.4 Å². The molecule has 0 aliphatic heterocycles. The van der Waals surface area contributed by atoms with E-state index < -0.39 is 0 Å². The predicted molar refractivity (Wildman–Crippen MR) is 79.2 cm³/mol. The molecule has 0 radical (unpaired) electrons. The van der Waals surface area contributed by atoms with Gasteiger partial charge in [0.25, 0.3) is 5.91 Å². The molecule has 0 unspecified atom stereocenters. The third-order valence-electron chi connectivity index (χ3n) is 2.31. The van der Waals surface area contributed by atoms with Gasteiger partial charge in [-0.05, 0) is 25.6 Å². The molecule has 1 atom stereocenters. The van der Waals surface area contributed by atoms with Crippen molar-refractivity contribution in [2.45, 2.75) is 19.9 Å². The highest BCUT2D eigenvalue weighted by atomic mass is 35.5. The number of amides is 1. The monoisotopic (exact) mass is 310 g/mol. The molecule has 0 saturated carbocycles. The van der Waals surface area contributed by atoms with Gasteiger partial charge < -0.3 is 10.6 Å². The summed E-state index contributed by atoms with van der Waals surface area (Å²) in [7, 11) is 0. The summed E-state index contributed by atoms with van der Waals surface area (Å²) in [6.45, 7) is 5.42. The van der Waals surface area contributed by atoms with Crippen molar-refractivity contribution in [1.82, 2.24) is 10.6 Å². The van der Waals surface area contributed by atoms with Crippen molar-refractivity contribution < 1.29 is 4.79 Å². The zero-order valence-electron chi connectivity index (χ0n) is 10.3. The van der Waals surface area contributed by atoms with E-state index in [0.717, 1.165) is 6.54 Å². The molecule has 1 aromatic rings. The van der Waals surface area contributed by atoms with Crippen LogP contribution in [0.15, 0.2) is 18.2 Å². The molecular formula is C12H17Cl3N2O. The Labute approximate surface area is 124 Å². The maximum Gasteiger partial charge on any atom is 0.254 e. The van der Waals surface area contributed by atoms with E-state index in [0.29, 0.717) is 22.2 Å². The van der Waals surface area contributed by atoms with E-state index in [2.05, 4.69) is 10.6 Å². The van der Waals surface area contributed by atoms with Crippen LogP contribution in [0, 0.1) is 0 Å². The fourth-order valence-electron chi connectivity index (χ4n) is 1.47. The second kappa shape index (κ2) is 8.59. The topological polar surface area (TPSA) is 41.1 Å². The predicted octanol–water partition coefficient (Wildman–Crippen LogP) is 3.14. The SMILES string of the molecule is CCN[C@H](C)CNC(=O)c1c(Cl)cccc1Cl.Cl. The van der Waals surface area contributed by atoms with Gasteiger partial charge in [0.1, 0.15) is 0 Å². The molecule has 1 rings (SSSR count). The molecule has 0 fully saturated rings. The Kier molecular flexibility index (Phi) is 8.36. The maximum atomic E-state index is 11.9. The Morgan fingerprint density at radius 3 is 2.39 bits per heavy atom. The molecule has 2 N–H and O–H groups in total. The highest BCUT2D eigenvalue weighted by molar-refractivity contribution is 6.39. The fraction of sp³-hybridized carbons (Fsp3) is 0.417. The molecule has 0 saturated heterocycles. The van der Waals surface area contributed by atoms with E-state index in [-0.39, 0.29) is 24.4 Å². The molecule has 102 valence electrons. The Morgan fingerprint density at radius 2 is 1.89 bits per heavy atom. The van der Waals surface area contributed by atoms with E-state index in [1.165, 1.54) is 0 Å². The van der Waals surface area contributed by atoms with Gasteiger partial charge in [-0.2, -0.15) is 0 Å². The van der Waals surface area contributed by atoms with E-state index in [9.17, 15) is 4.79 Å². The van der Waals surface area contributed by atoms with Gasteiger partial charge in [-0.1, -0.05) is 36.2 Å². The molecule has 1 aromatic carbocycles. The van der Waals surface area contributed by atoms with Gasteiger partial charge in [0.15, 0.2) is 0 Å². The maximum absolute atomic E-state index is 11.9. The molecule has 6 heteroatoms. The number of hydrogen-bond donors (Lipinski definition) is 2. The largest absolute Gasteiger partial charge is 0.350 e. The van der Waals surface area contributed by atoms with E-state index in [1.54, 1.807) is 18.2 Å². The van der Waals surface area contributed by atoms with Gasteiger partial charge in [0, 0.05) is 12.6 Å². The van der Waals surface area contributed by atoms with E-state index in [4.69, 9.17) is 23.2 Å². The lowest BCUT2D eigenvalue weighted by Crippen LogP contribution is -2.38. The number of hydrogen-bond acceptors (Lipinski definition) is 2. The standard InChI is InChI=1S/C12H16Cl2N2O.ClH/c1-3-15-8(2)7-16-12(17)11-9(13)5-4-6-10(11)14;/h4-6,8,15H,3,7H2,1-2H3,(H,16,17);1H/t8-;/m1./s1. The van der Waals surface area contributed by atoms with Crippen molar-refractivity contribution in [3.05, 3.63) is 33.8 Å². The first-order valence-corrected chi connectivity index (χ1v) is 6.27. The lowest BCUT2D eigenvalue weighted by atomic mass is 10.2. The summed E-state index contributed by atoms with van der Waals surface area (Å²) in [5.74, 6) is -0.245. The van der Waals surface area contributed by atoms with Crippen LogP contribution >= 0.6 is 35.6 Å². The molecule has 0 heterocycles. The normalized spacial score (nSPS) is 11.6. The smallest absolute Gasteiger partial charge is 0.254 e. The summed E-state index contributed by atoms with van der Waals surface area (Å²) in [6, 6.07) is 5.22. The molecule has 0 aromatic heterocycles. The van der Waals surface area contributed by atoms with Crippen molar-refractivity contribution in [2.24, 2.45) is 0 Å². The first kappa shape index (κ1) is 17.5. The van der Waals surface area contributed by atoms with Crippen molar-refractivity contribution in [3.8, 4) is 0 Å². The summed E-state index contributed by atoms with van der Waals surface area (Å²) >= 11 is 11.9. The molecule has 18 heavy (non-hydrogen) atoms. The molecule has 0 bridgehead atoms. The van der Waals surface area contributed by atoms with Crippen LogP contribution in [-0.4, -0.2) is 25.0 Å². The van der Waals surface area contributed by atoms with Crippen LogP contribution in [0.5, 0.6) is 0 Å². The Balaban J connectivity index is 0.00000289. The number of nitrogens with one attached hydrogen (secondary N) is 2. The summed E-state index contributed by atoms with van der Waals surface area (Å²) in [4.78, 5) is 11.9. The van der Waals surface area contributed by atoms with Crippen LogP contribution in [0.3, 0.4) is 0 Å². The number of rotatable bonds is 5. The zero-order chi connectivity index (χ0) is 12.8. The molecule has 1 amide bonds. The highest BCUT2D eigenvalue weighted by Gasteiger charge is 2.14. The van der Waals surface area contributed by atoms with Gasteiger partial charge in [0.2, 0.25) is 0 Å². The molecule has 3 nitrogen and oxygen atoms in total. The van der Waals surface area contributed by atoms with Gasteiger partial charge in [0.05, 0.1) is 15.6 Å². The second-order valence-electron chi connectivity index (χ2n) is 3.77. The van der Waals surface area contributed by atoms with Crippen LogP contribution in [0.25, 0.3) is 0 Å². The van der Waals surface area contributed by atoms with Crippen LogP contribution in [0.1, 0.15) is 24.2 Å². The lowest BCUT2D eigenvalue weighted by molar-refractivity contribution is 0.0950. The van der Waals surface area contributed by atoms with Crippen LogP contribution in [0.4, 0.5) is 0 Å². The van der Waals surface area contributed by atoms with E-state index >= 15 is 0 Å². The minimum atomic E-state index is -0.245. The Bertz CT molecular complexity index is 379. The summed E-state index contributed by atoms with van der Waals surface area (Å²) < 4.78 is 0. The Hall–Kier alpha value is -0.480. The molecule has 0 spiro atoms. The van der Waals surface area contributed by atoms with E-state index in [1.807, 2.05) is 13.8 Å². The number of likely N-dealkylation sites (N-methyl/N-ethyl adjacent to an activating group) is 1. The fourth-order valence-corrected chi connectivity index (χ4v) is 2.04. The molecular weight excluding hydrogens is 295 g/mol. The molecule has 0 aliphatic carbocycles. The quantitative estimate of drug-likeness (QED) is 0.877. The zero-order valence-corrected chi connectivity index (χ0v) is 12.6. The lowest BCUT2D eigenvalue weighted by Gasteiger charge is -2.14. The summed E-state index contributed by atoms with van der Waals surface area (Å²) in [5.41, 5.74) is 0.333. The van der Waals surface area contributed by atoms with Crippen LogP contribution < -0.4 is 10.6 Å². The summed E-state index contributed by atoms with van der Waals surface area (Å²) in [5, 5.41) is 6.73. The summed E-state index contributed by atoms with van der Waals surface area (Å²) in [6.07, 6.45) is 0. The number of benzene rings is 1. The average molecular weight is 312 g/mol. The number of carbonyl (C=O) groups excluding carboxylic acids is 1. The second-order valence-corrected chi connectivity index (χ2v) is 4.58. The minimum Gasteiger partial charge on any atom is -0.350 e. The number of halogens is 3. The Morgan fingerprint density at radius 1 is 1.33 bits per heavy atom. The highest BCUT2D eigenvalue weighted by Crippen LogP contribution is 2.23. The third-order valence-corrected chi connectivity index (χ3v) is 2.94. The van der Waals surface area contributed by atoms with Gasteiger partial charge in [-0.25, -0.2) is 0 Å². The molecule has 0 aliphatic rings. The average Bonchev–Trinajstić information content (AvgIpc) is 2.26.